The van der Waals surface area contributed by atoms with Crippen LogP contribution in [-0.2, 0) is 4.74 Å². The standard InChI is InChI=1S/C20H28N2O3/c1-14(2)19-15(10-12-25-19)13-21-20(23)22-11-6-8-17(22)16-7-4-5-9-18(16)24-3/h4-5,7,9,15,17,19H,1,6,8,10-13H2,2-3H3,(H,21,23). The first-order chi connectivity index (χ1) is 12.1. The molecule has 2 heterocycles. The van der Waals surface area contributed by atoms with Crippen molar-refractivity contribution in [2.45, 2.75) is 38.3 Å². The van der Waals surface area contributed by atoms with Crippen molar-refractivity contribution in [1.29, 1.82) is 0 Å². The molecule has 0 aliphatic carbocycles. The Hall–Kier alpha value is -2.01. The van der Waals surface area contributed by atoms with Crippen molar-refractivity contribution in [3.8, 4) is 5.75 Å². The molecule has 1 aromatic rings. The van der Waals surface area contributed by atoms with Crippen LogP contribution in [-0.4, -0.2) is 43.8 Å². The summed E-state index contributed by atoms with van der Waals surface area (Å²) in [5, 5.41) is 3.11. The molecule has 0 aromatic heterocycles. The van der Waals surface area contributed by atoms with Gasteiger partial charge in [0, 0.05) is 31.2 Å². The number of methoxy groups -OCH3 is 1. The zero-order valence-corrected chi connectivity index (χ0v) is 15.2. The highest BCUT2D eigenvalue weighted by Crippen LogP contribution is 2.36. The van der Waals surface area contributed by atoms with Gasteiger partial charge in [0.2, 0.25) is 0 Å². The van der Waals surface area contributed by atoms with Crippen LogP contribution in [0.25, 0.3) is 0 Å². The normalized spacial score (nSPS) is 25.8. The molecule has 0 radical (unpaired) electrons. The molecule has 5 nitrogen and oxygen atoms in total. The minimum atomic E-state index is 0.000714. The number of carbonyl (C=O) groups excluding carboxylic acids is 1. The molecule has 0 spiro atoms. The summed E-state index contributed by atoms with van der Waals surface area (Å²) >= 11 is 0. The highest BCUT2D eigenvalue weighted by molar-refractivity contribution is 5.75. The van der Waals surface area contributed by atoms with Gasteiger partial charge >= 0.3 is 6.03 Å². The second-order valence-electron chi connectivity index (χ2n) is 6.97. The van der Waals surface area contributed by atoms with E-state index in [9.17, 15) is 4.79 Å². The Morgan fingerprint density at radius 2 is 2.20 bits per heavy atom. The molecular weight excluding hydrogens is 316 g/mol. The van der Waals surface area contributed by atoms with Crippen molar-refractivity contribution in [2.24, 2.45) is 5.92 Å². The maximum absolute atomic E-state index is 12.8. The molecule has 3 unspecified atom stereocenters. The van der Waals surface area contributed by atoms with Crippen LogP contribution in [0.5, 0.6) is 5.75 Å². The first-order valence-electron chi connectivity index (χ1n) is 9.06. The summed E-state index contributed by atoms with van der Waals surface area (Å²) in [6, 6.07) is 8.04. The molecule has 3 rings (SSSR count). The number of ether oxygens (including phenoxy) is 2. The SMILES string of the molecule is C=C(C)C1OCCC1CNC(=O)N1CCCC1c1ccccc1OC. The first-order valence-corrected chi connectivity index (χ1v) is 9.06. The largest absolute Gasteiger partial charge is 0.496 e. The fourth-order valence-corrected chi connectivity index (χ4v) is 3.98. The predicted molar refractivity (Wildman–Crippen MR) is 97.7 cm³/mol. The van der Waals surface area contributed by atoms with Crippen LogP contribution in [0.3, 0.4) is 0 Å². The van der Waals surface area contributed by atoms with Crippen molar-refractivity contribution in [3.63, 3.8) is 0 Å². The van der Waals surface area contributed by atoms with Gasteiger partial charge in [0.1, 0.15) is 5.75 Å². The molecule has 2 amide bonds. The number of nitrogens with one attached hydrogen (secondary N) is 1. The van der Waals surface area contributed by atoms with Crippen LogP contribution in [0.15, 0.2) is 36.4 Å². The van der Waals surface area contributed by atoms with Gasteiger partial charge in [-0.2, -0.15) is 0 Å². The van der Waals surface area contributed by atoms with Crippen LogP contribution in [0.1, 0.15) is 37.8 Å². The van der Waals surface area contributed by atoms with E-state index in [4.69, 9.17) is 9.47 Å². The number of benzene rings is 1. The molecule has 5 heteroatoms. The molecule has 3 atom stereocenters. The Morgan fingerprint density at radius 1 is 1.40 bits per heavy atom. The molecule has 2 aliphatic heterocycles. The Bertz CT molecular complexity index is 631. The van der Waals surface area contributed by atoms with Crippen molar-refractivity contribution < 1.29 is 14.3 Å². The van der Waals surface area contributed by atoms with E-state index in [1.807, 2.05) is 30.0 Å². The summed E-state index contributed by atoms with van der Waals surface area (Å²) in [5.74, 6) is 1.16. The fourth-order valence-electron chi connectivity index (χ4n) is 3.98. The molecule has 0 bridgehead atoms. The van der Waals surface area contributed by atoms with E-state index in [-0.39, 0.29) is 18.2 Å². The van der Waals surface area contributed by atoms with E-state index in [1.54, 1.807) is 7.11 Å². The zero-order valence-electron chi connectivity index (χ0n) is 15.2. The predicted octanol–water partition coefficient (Wildman–Crippen LogP) is 3.52. The van der Waals surface area contributed by atoms with Gasteiger partial charge in [0.05, 0.1) is 19.3 Å². The number of likely N-dealkylation sites (tertiary alicyclic amines) is 1. The van der Waals surface area contributed by atoms with E-state index in [0.717, 1.165) is 49.3 Å². The van der Waals surface area contributed by atoms with E-state index in [0.29, 0.717) is 12.5 Å². The molecule has 136 valence electrons. The van der Waals surface area contributed by atoms with E-state index in [2.05, 4.69) is 18.0 Å². The monoisotopic (exact) mass is 344 g/mol. The zero-order chi connectivity index (χ0) is 17.8. The number of rotatable bonds is 5. The number of carbonyl (C=O) groups is 1. The average Bonchev–Trinajstić information content (AvgIpc) is 3.28. The highest BCUT2D eigenvalue weighted by Gasteiger charge is 2.33. The number of hydrogen-bond acceptors (Lipinski definition) is 3. The van der Waals surface area contributed by atoms with Gasteiger partial charge in [-0.3, -0.25) is 0 Å². The molecular formula is C20H28N2O3. The van der Waals surface area contributed by atoms with Gasteiger partial charge < -0.3 is 19.7 Å². The summed E-state index contributed by atoms with van der Waals surface area (Å²) in [6.07, 6.45) is 3.00. The van der Waals surface area contributed by atoms with Gasteiger partial charge in [-0.1, -0.05) is 30.4 Å². The number of nitrogens with zero attached hydrogens (tertiary/aromatic N) is 1. The lowest BCUT2D eigenvalue weighted by atomic mass is 9.97. The van der Waals surface area contributed by atoms with Gasteiger partial charge in [-0.25, -0.2) is 4.79 Å². The lowest BCUT2D eigenvalue weighted by Crippen LogP contribution is -2.42. The van der Waals surface area contributed by atoms with Crippen LogP contribution in [0.2, 0.25) is 0 Å². The first kappa shape index (κ1) is 17.8. The topological polar surface area (TPSA) is 50.8 Å². The van der Waals surface area contributed by atoms with E-state index < -0.39 is 0 Å². The molecule has 2 aliphatic rings. The Morgan fingerprint density at radius 3 is 2.96 bits per heavy atom. The maximum Gasteiger partial charge on any atom is 0.317 e. The summed E-state index contributed by atoms with van der Waals surface area (Å²) in [6.45, 7) is 8.14. The van der Waals surface area contributed by atoms with Gasteiger partial charge in [-0.15, -0.1) is 0 Å². The molecule has 0 saturated carbocycles. The van der Waals surface area contributed by atoms with E-state index >= 15 is 0 Å². The minimum absolute atomic E-state index is 0.000714. The van der Waals surface area contributed by atoms with Crippen molar-refractivity contribution >= 4 is 6.03 Å². The molecule has 1 N–H and O–H groups in total. The number of urea groups is 1. The van der Waals surface area contributed by atoms with E-state index in [1.165, 1.54) is 0 Å². The van der Waals surface area contributed by atoms with Crippen LogP contribution < -0.4 is 10.1 Å². The molecule has 1 aromatic carbocycles. The number of amides is 2. The third kappa shape index (κ3) is 3.82. The highest BCUT2D eigenvalue weighted by atomic mass is 16.5. The van der Waals surface area contributed by atoms with Crippen LogP contribution in [0.4, 0.5) is 4.79 Å². The Labute approximate surface area is 150 Å². The Kier molecular flexibility index (Phi) is 5.63. The van der Waals surface area contributed by atoms with Gasteiger partial charge in [-0.05, 0) is 32.3 Å². The fraction of sp³-hybridized carbons (Fsp3) is 0.550. The second-order valence-corrected chi connectivity index (χ2v) is 6.97. The lowest BCUT2D eigenvalue weighted by molar-refractivity contribution is 0.118. The van der Waals surface area contributed by atoms with Gasteiger partial charge in [0.15, 0.2) is 0 Å². The average molecular weight is 344 g/mol. The maximum atomic E-state index is 12.8. The summed E-state index contributed by atoms with van der Waals surface area (Å²) < 4.78 is 11.2. The van der Waals surface area contributed by atoms with Crippen molar-refractivity contribution in [3.05, 3.63) is 42.0 Å². The smallest absolute Gasteiger partial charge is 0.317 e. The lowest BCUT2D eigenvalue weighted by Gasteiger charge is -2.27. The molecule has 2 fully saturated rings. The Balaban J connectivity index is 1.64. The van der Waals surface area contributed by atoms with Crippen molar-refractivity contribution in [1.82, 2.24) is 10.2 Å². The third-order valence-electron chi connectivity index (χ3n) is 5.23. The van der Waals surface area contributed by atoms with Crippen LogP contribution >= 0.6 is 0 Å². The summed E-state index contributed by atoms with van der Waals surface area (Å²) in [5.41, 5.74) is 2.12. The molecule has 2 saturated heterocycles. The minimum Gasteiger partial charge on any atom is -0.496 e. The number of para-hydroxylation sites is 1. The summed E-state index contributed by atoms with van der Waals surface area (Å²) in [4.78, 5) is 14.7. The third-order valence-corrected chi connectivity index (χ3v) is 5.23. The second kappa shape index (κ2) is 7.91. The van der Waals surface area contributed by atoms with Crippen molar-refractivity contribution in [2.75, 3.05) is 26.8 Å². The number of hydrogen-bond donors (Lipinski definition) is 1. The van der Waals surface area contributed by atoms with Crippen LogP contribution in [0, 0.1) is 5.92 Å². The summed E-state index contributed by atoms with van der Waals surface area (Å²) in [7, 11) is 1.68. The molecule has 25 heavy (non-hydrogen) atoms. The van der Waals surface area contributed by atoms with Gasteiger partial charge in [0.25, 0.3) is 0 Å². The quantitative estimate of drug-likeness (QED) is 0.832.